The van der Waals surface area contributed by atoms with E-state index in [2.05, 4.69) is 30.7 Å². The summed E-state index contributed by atoms with van der Waals surface area (Å²) in [4.78, 5) is 19.8. The zero-order chi connectivity index (χ0) is 12.6. The Kier molecular flexibility index (Phi) is 3.49. The fourth-order valence-electron chi connectivity index (χ4n) is 1.95. The maximum Gasteiger partial charge on any atom is 0.260 e. The SMILES string of the molecule is CC[C@@H](C)Cc1c(C)sc2[nH]c(=S)[nH]c(=O)c12. The summed E-state index contributed by atoms with van der Waals surface area (Å²) in [6.45, 7) is 6.45. The van der Waals surface area contributed by atoms with Crippen LogP contribution in [0.25, 0.3) is 10.2 Å². The van der Waals surface area contributed by atoms with Crippen molar-refractivity contribution < 1.29 is 0 Å². The second kappa shape index (κ2) is 4.74. The molecule has 1 atom stereocenters. The summed E-state index contributed by atoms with van der Waals surface area (Å²) in [6.07, 6.45) is 2.08. The van der Waals surface area contributed by atoms with Crippen molar-refractivity contribution in [3.63, 3.8) is 0 Å². The van der Waals surface area contributed by atoms with Gasteiger partial charge >= 0.3 is 0 Å². The van der Waals surface area contributed by atoms with Crippen LogP contribution in [-0.2, 0) is 6.42 Å². The van der Waals surface area contributed by atoms with Gasteiger partial charge in [0.15, 0.2) is 4.77 Å². The molecule has 0 unspecified atom stereocenters. The van der Waals surface area contributed by atoms with E-state index in [1.807, 2.05) is 0 Å². The number of rotatable bonds is 3. The average Bonchev–Trinajstić information content (AvgIpc) is 2.55. The van der Waals surface area contributed by atoms with Crippen LogP contribution in [0.5, 0.6) is 0 Å². The molecule has 0 aliphatic rings. The number of aromatic nitrogens is 2. The molecular weight excluding hydrogens is 252 g/mol. The van der Waals surface area contributed by atoms with Crippen LogP contribution >= 0.6 is 23.6 Å². The van der Waals surface area contributed by atoms with E-state index in [1.54, 1.807) is 11.3 Å². The minimum atomic E-state index is -0.0635. The van der Waals surface area contributed by atoms with Gasteiger partial charge in [-0.25, -0.2) is 0 Å². The summed E-state index contributed by atoms with van der Waals surface area (Å²) in [6, 6.07) is 0. The molecule has 0 aromatic carbocycles. The minimum absolute atomic E-state index is 0.0635. The van der Waals surface area contributed by atoms with E-state index in [-0.39, 0.29) is 5.56 Å². The second-order valence-electron chi connectivity index (χ2n) is 4.47. The Labute approximate surface area is 109 Å². The van der Waals surface area contributed by atoms with Crippen LogP contribution in [0.1, 0.15) is 30.7 Å². The van der Waals surface area contributed by atoms with Crippen molar-refractivity contribution in [3.8, 4) is 0 Å². The number of hydrogen-bond donors (Lipinski definition) is 2. The van der Waals surface area contributed by atoms with Gasteiger partial charge < -0.3 is 4.98 Å². The third-order valence-corrected chi connectivity index (χ3v) is 4.41. The number of H-pyrrole nitrogens is 2. The fourth-order valence-corrected chi connectivity index (χ4v) is 3.29. The number of aryl methyl sites for hydroxylation is 1. The quantitative estimate of drug-likeness (QED) is 0.836. The molecule has 0 saturated heterocycles. The molecule has 2 N–H and O–H groups in total. The predicted octanol–water partition coefficient (Wildman–Crippen LogP) is 3.54. The standard InChI is InChI=1S/C12H16N2OS2/c1-4-6(2)5-8-7(3)17-11-9(8)10(15)13-12(16)14-11/h6H,4-5H2,1-3H3,(H2,13,14,15,16)/t6-/m1/s1. The molecule has 0 spiro atoms. The van der Waals surface area contributed by atoms with Crippen LogP contribution in [0.4, 0.5) is 0 Å². The van der Waals surface area contributed by atoms with E-state index in [1.165, 1.54) is 10.4 Å². The molecule has 0 amide bonds. The smallest absolute Gasteiger partial charge is 0.260 e. The maximum absolute atomic E-state index is 12.0. The molecule has 0 saturated carbocycles. The molecule has 0 aliphatic heterocycles. The molecule has 2 heterocycles. The van der Waals surface area contributed by atoms with Crippen LogP contribution < -0.4 is 5.56 Å². The lowest BCUT2D eigenvalue weighted by atomic mass is 9.98. The number of hydrogen-bond acceptors (Lipinski definition) is 3. The van der Waals surface area contributed by atoms with Gasteiger partial charge in [0.25, 0.3) is 5.56 Å². The van der Waals surface area contributed by atoms with Crippen molar-refractivity contribution >= 4 is 33.8 Å². The molecule has 0 bridgehead atoms. The normalized spacial score (nSPS) is 13.1. The number of aromatic amines is 2. The fraction of sp³-hybridized carbons (Fsp3) is 0.500. The Morgan fingerprint density at radius 3 is 2.76 bits per heavy atom. The van der Waals surface area contributed by atoms with Crippen molar-refractivity contribution in [1.29, 1.82) is 0 Å². The number of nitrogens with one attached hydrogen (secondary N) is 2. The van der Waals surface area contributed by atoms with Gasteiger partial charge in [-0.2, -0.15) is 0 Å². The number of fused-ring (bicyclic) bond motifs is 1. The summed E-state index contributed by atoms with van der Waals surface area (Å²) in [5.74, 6) is 0.592. The summed E-state index contributed by atoms with van der Waals surface area (Å²) in [7, 11) is 0. The van der Waals surface area contributed by atoms with Crippen molar-refractivity contribution in [2.45, 2.75) is 33.6 Å². The van der Waals surface area contributed by atoms with Crippen LogP contribution in [-0.4, -0.2) is 9.97 Å². The zero-order valence-electron chi connectivity index (χ0n) is 10.2. The van der Waals surface area contributed by atoms with Gasteiger partial charge in [0, 0.05) is 4.88 Å². The largest absolute Gasteiger partial charge is 0.323 e. The molecule has 0 fully saturated rings. The molecular formula is C12H16N2OS2. The lowest BCUT2D eigenvalue weighted by Gasteiger charge is -2.07. The van der Waals surface area contributed by atoms with Crippen molar-refractivity contribution in [1.82, 2.24) is 9.97 Å². The van der Waals surface area contributed by atoms with E-state index in [0.717, 1.165) is 23.1 Å². The van der Waals surface area contributed by atoms with Crippen LogP contribution in [0.2, 0.25) is 0 Å². The Bertz CT molecular complexity index is 651. The van der Waals surface area contributed by atoms with Crippen molar-refractivity contribution in [2.75, 3.05) is 0 Å². The Morgan fingerprint density at radius 2 is 2.12 bits per heavy atom. The highest BCUT2D eigenvalue weighted by atomic mass is 32.1. The van der Waals surface area contributed by atoms with E-state index >= 15 is 0 Å². The Hall–Kier alpha value is -0.940. The lowest BCUT2D eigenvalue weighted by Crippen LogP contribution is -2.09. The van der Waals surface area contributed by atoms with Gasteiger partial charge in [0.05, 0.1) is 5.39 Å². The van der Waals surface area contributed by atoms with Crippen LogP contribution in [0.15, 0.2) is 4.79 Å². The topological polar surface area (TPSA) is 48.6 Å². The summed E-state index contributed by atoms with van der Waals surface area (Å²) < 4.78 is 0.402. The average molecular weight is 268 g/mol. The zero-order valence-corrected chi connectivity index (χ0v) is 11.8. The van der Waals surface area contributed by atoms with Gasteiger partial charge in [-0.3, -0.25) is 9.78 Å². The first-order valence-electron chi connectivity index (χ1n) is 5.77. The molecule has 0 aliphatic carbocycles. The van der Waals surface area contributed by atoms with Gasteiger partial charge in [0.1, 0.15) is 4.83 Å². The highest BCUT2D eigenvalue weighted by molar-refractivity contribution is 7.71. The molecule has 17 heavy (non-hydrogen) atoms. The number of thiophene rings is 1. The van der Waals surface area contributed by atoms with Crippen molar-refractivity contribution in [2.24, 2.45) is 5.92 Å². The molecule has 0 radical (unpaired) electrons. The molecule has 3 nitrogen and oxygen atoms in total. The summed E-state index contributed by atoms with van der Waals surface area (Å²) in [5, 5.41) is 0.793. The van der Waals surface area contributed by atoms with Gasteiger partial charge in [-0.05, 0) is 37.0 Å². The summed E-state index contributed by atoms with van der Waals surface area (Å²) in [5.41, 5.74) is 1.11. The van der Waals surface area contributed by atoms with Gasteiger partial charge in [-0.15, -0.1) is 11.3 Å². The van der Waals surface area contributed by atoms with E-state index in [0.29, 0.717) is 10.7 Å². The van der Waals surface area contributed by atoms with Gasteiger partial charge in [0.2, 0.25) is 0 Å². The molecule has 5 heteroatoms. The minimum Gasteiger partial charge on any atom is -0.323 e. The molecule has 2 aromatic heterocycles. The Balaban J connectivity index is 2.67. The van der Waals surface area contributed by atoms with Gasteiger partial charge in [-0.1, -0.05) is 20.3 Å². The summed E-state index contributed by atoms with van der Waals surface area (Å²) >= 11 is 6.60. The first-order valence-corrected chi connectivity index (χ1v) is 7.00. The predicted molar refractivity (Wildman–Crippen MR) is 75.5 cm³/mol. The van der Waals surface area contributed by atoms with Crippen LogP contribution in [0.3, 0.4) is 0 Å². The Morgan fingerprint density at radius 1 is 1.41 bits per heavy atom. The van der Waals surface area contributed by atoms with E-state index in [9.17, 15) is 4.79 Å². The highest BCUT2D eigenvalue weighted by Crippen LogP contribution is 2.29. The lowest BCUT2D eigenvalue weighted by molar-refractivity contribution is 0.561. The second-order valence-corrected chi connectivity index (χ2v) is 6.10. The maximum atomic E-state index is 12.0. The third kappa shape index (κ3) is 2.35. The van der Waals surface area contributed by atoms with E-state index in [4.69, 9.17) is 12.2 Å². The monoisotopic (exact) mass is 268 g/mol. The molecule has 92 valence electrons. The molecule has 2 aromatic rings. The molecule has 2 rings (SSSR count). The van der Waals surface area contributed by atoms with Crippen molar-refractivity contribution in [3.05, 3.63) is 25.6 Å². The highest BCUT2D eigenvalue weighted by Gasteiger charge is 2.14. The third-order valence-electron chi connectivity index (χ3n) is 3.14. The van der Waals surface area contributed by atoms with Crippen LogP contribution in [0, 0.1) is 17.6 Å². The first kappa shape index (κ1) is 12.5. The first-order chi connectivity index (χ1) is 8.02. The van der Waals surface area contributed by atoms with E-state index < -0.39 is 0 Å².